The molecule has 32 heavy (non-hydrogen) atoms. The van der Waals surface area contributed by atoms with E-state index in [1.165, 1.54) is 0 Å². The number of ether oxygens (including phenoxy) is 1. The maximum Gasteiger partial charge on any atom is 0.227 e. The standard InChI is InChI=1S/C26H27ClN2O2S/c1-3-29(4-2)16-5-17-30-21-10-6-19(7-11-21)26-28-24-15-14-23(18-25(24)31-26)32-22-12-8-20(27)9-13-22/h6-15,18H,3-5,16-17H2,1-2H3. The number of rotatable bonds is 10. The smallest absolute Gasteiger partial charge is 0.227 e. The zero-order valence-corrected chi connectivity index (χ0v) is 20.0. The van der Waals surface area contributed by atoms with Crippen LogP contribution in [0.3, 0.4) is 0 Å². The van der Waals surface area contributed by atoms with Crippen molar-refractivity contribution in [2.45, 2.75) is 30.1 Å². The number of fused-ring (bicyclic) bond motifs is 1. The summed E-state index contributed by atoms with van der Waals surface area (Å²) in [5.74, 6) is 1.48. The lowest BCUT2D eigenvalue weighted by Crippen LogP contribution is -2.25. The molecule has 166 valence electrons. The Morgan fingerprint density at radius 2 is 1.66 bits per heavy atom. The van der Waals surface area contributed by atoms with Crippen LogP contribution in [0.15, 0.2) is 80.9 Å². The third-order valence-electron chi connectivity index (χ3n) is 5.29. The van der Waals surface area contributed by atoms with Gasteiger partial charge in [0.1, 0.15) is 11.3 Å². The number of benzene rings is 3. The van der Waals surface area contributed by atoms with Gasteiger partial charge in [-0.05, 0) is 86.2 Å². The van der Waals surface area contributed by atoms with E-state index in [-0.39, 0.29) is 0 Å². The molecule has 0 fully saturated rings. The van der Waals surface area contributed by atoms with Crippen LogP contribution in [0.2, 0.25) is 5.02 Å². The summed E-state index contributed by atoms with van der Waals surface area (Å²) in [6, 6.07) is 21.8. The van der Waals surface area contributed by atoms with Crippen LogP contribution in [0.1, 0.15) is 20.3 Å². The molecule has 4 rings (SSSR count). The Balaban J connectivity index is 1.39. The van der Waals surface area contributed by atoms with Crippen molar-refractivity contribution < 1.29 is 9.15 Å². The monoisotopic (exact) mass is 466 g/mol. The quantitative estimate of drug-likeness (QED) is 0.227. The maximum absolute atomic E-state index is 6.05. The minimum absolute atomic E-state index is 0.613. The summed E-state index contributed by atoms with van der Waals surface area (Å²) in [6.45, 7) is 8.32. The Bertz CT molecular complexity index is 1140. The SMILES string of the molecule is CCN(CC)CCCOc1ccc(-c2nc3ccc(Sc4ccc(Cl)cc4)cc3o2)cc1. The first-order valence-corrected chi connectivity index (χ1v) is 12.1. The van der Waals surface area contributed by atoms with Gasteiger partial charge in [0.25, 0.3) is 0 Å². The van der Waals surface area contributed by atoms with E-state index in [2.05, 4.69) is 29.8 Å². The molecule has 0 saturated carbocycles. The summed E-state index contributed by atoms with van der Waals surface area (Å²) in [6.07, 6.45) is 1.02. The summed E-state index contributed by atoms with van der Waals surface area (Å²) in [5.41, 5.74) is 2.55. The molecule has 3 aromatic carbocycles. The first-order valence-electron chi connectivity index (χ1n) is 10.9. The first-order chi connectivity index (χ1) is 15.6. The van der Waals surface area contributed by atoms with Crippen molar-refractivity contribution in [3.05, 3.63) is 71.8 Å². The molecule has 0 bridgehead atoms. The van der Waals surface area contributed by atoms with Crippen LogP contribution in [0.4, 0.5) is 0 Å². The zero-order valence-electron chi connectivity index (χ0n) is 18.4. The fraction of sp³-hybridized carbons (Fsp3) is 0.269. The molecule has 4 aromatic rings. The van der Waals surface area contributed by atoms with Crippen LogP contribution in [0, 0.1) is 0 Å². The van der Waals surface area contributed by atoms with Gasteiger partial charge in [-0.3, -0.25) is 0 Å². The molecule has 0 aliphatic heterocycles. The van der Waals surface area contributed by atoms with Gasteiger partial charge in [-0.1, -0.05) is 37.2 Å². The van der Waals surface area contributed by atoms with E-state index in [1.807, 2.05) is 60.7 Å². The molecule has 1 aromatic heterocycles. The number of hydrogen-bond acceptors (Lipinski definition) is 5. The van der Waals surface area contributed by atoms with Gasteiger partial charge >= 0.3 is 0 Å². The van der Waals surface area contributed by atoms with Crippen LogP contribution >= 0.6 is 23.4 Å². The van der Waals surface area contributed by atoms with Gasteiger partial charge in [-0.15, -0.1) is 0 Å². The van der Waals surface area contributed by atoms with Crippen LogP contribution in [-0.4, -0.2) is 36.1 Å². The molecule has 0 aliphatic carbocycles. The minimum atomic E-state index is 0.613. The summed E-state index contributed by atoms with van der Waals surface area (Å²) in [7, 11) is 0. The molecule has 0 aliphatic rings. The third kappa shape index (κ3) is 5.85. The van der Waals surface area contributed by atoms with E-state index < -0.39 is 0 Å². The lowest BCUT2D eigenvalue weighted by molar-refractivity contribution is 0.249. The molecule has 1 heterocycles. The van der Waals surface area contributed by atoms with Gasteiger partial charge in [0.2, 0.25) is 5.89 Å². The molecule has 0 N–H and O–H groups in total. The molecule has 6 heteroatoms. The Hall–Kier alpha value is -2.47. The molecular weight excluding hydrogens is 440 g/mol. The average Bonchev–Trinajstić information content (AvgIpc) is 3.24. The molecule has 4 nitrogen and oxygen atoms in total. The van der Waals surface area contributed by atoms with Crippen LogP contribution < -0.4 is 4.74 Å². The van der Waals surface area contributed by atoms with Crippen LogP contribution in [0.25, 0.3) is 22.6 Å². The minimum Gasteiger partial charge on any atom is -0.494 e. The highest BCUT2D eigenvalue weighted by Crippen LogP contribution is 2.32. The van der Waals surface area contributed by atoms with E-state index in [0.717, 1.165) is 63.3 Å². The molecule has 0 radical (unpaired) electrons. The average molecular weight is 467 g/mol. The second-order valence-corrected chi connectivity index (χ2v) is 9.04. The van der Waals surface area contributed by atoms with Crippen molar-refractivity contribution in [3.8, 4) is 17.2 Å². The third-order valence-corrected chi connectivity index (χ3v) is 6.54. The van der Waals surface area contributed by atoms with Gasteiger partial charge in [-0.25, -0.2) is 4.98 Å². The summed E-state index contributed by atoms with van der Waals surface area (Å²) < 4.78 is 11.9. The van der Waals surface area contributed by atoms with E-state index >= 15 is 0 Å². The second-order valence-electron chi connectivity index (χ2n) is 7.46. The predicted molar refractivity (Wildman–Crippen MR) is 133 cm³/mol. The highest BCUT2D eigenvalue weighted by Gasteiger charge is 2.10. The Labute approximate surface area is 198 Å². The van der Waals surface area contributed by atoms with E-state index in [0.29, 0.717) is 12.5 Å². The van der Waals surface area contributed by atoms with Gasteiger partial charge in [0, 0.05) is 26.9 Å². The number of halogens is 1. The van der Waals surface area contributed by atoms with Gasteiger partial charge in [-0.2, -0.15) is 0 Å². The summed E-state index contributed by atoms with van der Waals surface area (Å²) in [4.78, 5) is 9.27. The highest BCUT2D eigenvalue weighted by atomic mass is 35.5. The number of oxazole rings is 1. The molecular formula is C26H27ClN2O2S. The van der Waals surface area contributed by atoms with Crippen LogP contribution in [0.5, 0.6) is 5.75 Å². The van der Waals surface area contributed by atoms with E-state index in [4.69, 9.17) is 20.8 Å². The number of nitrogens with zero attached hydrogens (tertiary/aromatic N) is 2. The normalized spacial score (nSPS) is 11.4. The summed E-state index contributed by atoms with van der Waals surface area (Å²) in [5, 5.41) is 0.737. The second kappa shape index (κ2) is 10.9. The largest absolute Gasteiger partial charge is 0.494 e. The van der Waals surface area contributed by atoms with E-state index in [9.17, 15) is 0 Å². The fourth-order valence-corrected chi connectivity index (χ4v) is 4.41. The van der Waals surface area contributed by atoms with E-state index in [1.54, 1.807) is 11.8 Å². The Morgan fingerprint density at radius 1 is 0.938 bits per heavy atom. The number of aromatic nitrogens is 1. The maximum atomic E-state index is 6.05. The Kier molecular flexibility index (Phi) is 7.74. The van der Waals surface area contributed by atoms with Crippen molar-refractivity contribution in [2.75, 3.05) is 26.2 Å². The van der Waals surface area contributed by atoms with Gasteiger partial charge < -0.3 is 14.1 Å². The van der Waals surface area contributed by atoms with Gasteiger partial charge in [0.15, 0.2) is 5.58 Å². The molecule has 0 saturated heterocycles. The fourth-order valence-electron chi connectivity index (χ4n) is 3.44. The highest BCUT2D eigenvalue weighted by molar-refractivity contribution is 7.99. The van der Waals surface area contributed by atoms with Crippen molar-refractivity contribution in [1.29, 1.82) is 0 Å². The molecule has 0 amide bonds. The lowest BCUT2D eigenvalue weighted by Gasteiger charge is -2.17. The molecule has 0 atom stereocenters. The first kappa shape index (κ1) is 22.7. The predicted octanol–water partition coefficient (Wildman–Crippen LogP) is 7.41. The van der Waals surface area contributed by atoms with Crippen molar-refractivity contribution in [1.82, 2.24) is 9.88 Å². The molecule has 0 unspecified atom stereocenters. The number of hydrogen-bond donors (Lipinski definition) is 0. The summed E-state index contributed by atoms with van der Waals surface area (Å²) >= 11 is 7.64. The van der Waals surface area contributed by atoms with Crippen molar-refractivity contribution >= 4 is 34.5 Å². The van der Waals surface area contributed by atoms with Crippen molar-refractivity contribution in [2.24, 2.45) is 0 Å². The van der Waals surface area contributed by atoms with Crippen molar-refractivity contribution in [3.63, 3.8) is 0 Å². The lowest BCUT2D eigenvalue weighted by atomic mass is 10.2. The van der Waals surface area contributed by atoms with Gasteiger partial charge in [0.05, 0.1) is 6.61 Å². The van der Waals surface area contributed by atoms with Crippen LogP contribution in [-0.2, 0) is 0 Å². The Morgan fingerprint density at radius 3 is 2.38 bits per heavy atom. The molecule has 0 spiro atoms. The topological polar surface area (TPSA) is 38.5 Å². The zero-order chi connectivity index (χ0) is 22.3.